The molecule has 0 unspecified atom stereocenters. The molecule has 1 saturated heterocycles. The smallest absolute Gasteiger partial charge is 0.379 e. The largest absolute Gasteiger partial charge is 0.451 e. The zero-order valence-electron chi connectivity index (χ0n) is 16.6. The summed E-state index contributed by atoms with van der Waals surface area (Å²) in [6, 6.07) is 0.614. The molecule has 2 aliphatic rings. The number of aromatic nitrogens is 5. The van der Waals surface area contributed by atoms with E-state index in [1.807, 2.05) is 18.5 Å². The molecule has 4 rings (SSSR count). The van der Waals surface area contributed by atoms with Crippen molar-refractivity contribution >= 4 is 0 Å². The van der Waals surface area contributed by atoms with Gasteiger partial charge in [-0.1, -0.05) is 0 Å². The second-order valence-corrected chi connectivity index (χ2v) is 7.94. The molecule has 0 aromatic carbocycles. The molecule has 29 heavy (non-hydrogen) atoms. The Kier molecular flexibility index (Phi) is 5.56. The molecule has 2 aromatic rings. The average molecular weight is 410 g/mol. The second-order valence-electron chi connectivity index (χ2n) is 7.94. The number of ether oxygens (including phenoxy) is 1. The Morgan fingerprint density at radius 3 is 2.41 bits per heavy atom. The topological polar surface area (TPSA) is 69.0 Å². The molecule has 3 heterocycles. The van der Waals surface area contributed by atoms with Crippen molar-refractivity contribution in [1.29, 1.82) is 0 Å². The van der Waals surface area contributed by atoms with Gasteiger partial charge in [0.2, 0.25) is 5.82 Å². The third-order valence-corrected chi connectivity index (χ3v) is 5.64. The summed E-state index contributed by atoms with van der Waals surface area (Å²) in [4.78, 5) is 14.1. The van der Waals surface area contributed by atoms with Gasteiger partial charge < -0.3 is 4.74 Å². The summed E-state index contributed by atoms with van der Waals surface area (Å²) in [5, 5.41) is 4.56. The van der Waals surface area contributed by atoms with Crippen LogP contribution in [0.2, 0.25) is 0 Å². The van der Waals surface area contributed by atoms with E-state index < -0.39 is 12.0 Å². The molecule has 2 atom stereocenters. The molecule has 0 amide bonds. The number of morpholine rings is 1. The van der Waals surface area contributed by atoms with E-state index in [1.54, 1.807) is 0 Å². The quantitative estimate of drug-likeness (QED) is 0.770. The van der Waals surface area contributed by atoms with Gasteiger partial charge in [0.05, 0.1) is 18.8 Å². The van der Waals surface area contributed by atoms with Crippen LogP contribution in [0.25, 0.3) is 11.4 Å². The Balaban J connectivity index is 1.56. The summed E-state index contributed by atoms with van der Waals surface area (Å²) < 4.78 is 45.5. The summed E-state index contributed by atoms with van der Waals surface area (Å²) in [6.07, 6.45) is 0.863. The van der Waals surface area contributed by atoms with Crippen molar-refractivity contribution in [3.63, 3.8) is 0 Å². The summed E-state index contributed by atoms with van der Waals surface area (Å²) >= 11 is 0. The number of rotatable bonds is 4. The number of halogens is 3. The molecule has 2 fully saturated rings. The summed E-state index contributed by atoms with van der Waals surface area (Å²) in [5.74, 6) is 0.388. The third-order valence-electron chi connectivity index (χ3n) is 5.64. The zero-order valence-corrected chi connectivity index (χ0v) is 16.6. The van der Waals surface area contributed by atoms with Gasteiger partial charge in [-0.25, -0.2) is 19.6 Å². The predicted molar refractivity (Wildman–Crippen MR) is 99.2 cm³/mol. The molecule has 1 saturated carbocycles. The van der Waals surface area contributed by atoms with Crippen LogP contribution in [0.1, 0.15) is 56.7 Å². The van der Waals surface area contributed by atoms with Gasteiger partial charge in [-0.3, -0.25) is 4.90 Å². The molecule has 0 radical (unpaired) electrons. The summed E-state index contributed by atoms with van der Waals surface area (Å²) in [6.45, 7) is 7.53. The highest BCUT2D eigenvalue weighted by atomic mass is 19.4. The normalized spacial score (nSPS) is 23.8. The van der Waals surface area contributed by atoms with Crippen molar-refractivity contribution < 1.29 is 17.9 Å². The highest BCUT2D eigenvalue weighted by Gasteiger charge is 2.36. The first-order chi connectivity index (χ1) is 13.8. The van der Waals surface area contributed by atoms with Gasteiger partial charge >= 0.3 is 6.18 Å². The van der Waals surface area contributed by atoms with Gasteiger partial charge in [0.1, 0.15) is 5.82 Å². The van der Waals surface area contributed by atoms with E-state index in [-0.39, 0.29) is 12.0 Å². The molecule has 7 nitrogen and oxygen atoms in total. The van der Waals surface area contributed by atoms with Gasteiger partial charge in [0.15, 0.2) is 5.82 Å². The first-order valence-corrected chi connectivity index (χ1v) is 10.0. The van der Waals surface area contributed by atoms with E-state index in [0.717, 1.165) is 63.8 Å². The van der Waals surface area contributed by atoms with E-state index in [0.29, 0.717) is 17.4 Å². The van der Waals surface area contributed by atoms with E-state index in [9.17, 15) is 13.2 Å². The monoisotopic (exact) mass is 410 g/mol. The third kappa shape index (κ3) is 4.28. The maximum absolute atomic E-state index is 12.7. The van der Waals surface area contributed by atoms with Crippen molar-refractivity contribution in [1.82, 2.24) is 29.6 Å². The lowest BCUT2D eigenvalue weighted by Gasteiger charge is -2.32. The van der Waals surface area contributed by atoms with Crippen LogP contribution in [0.3, 0.4) is 0 Å². The van der Waals surface area contributed by atoms with Gasteiger partial charge in [-0.15, -0.1) is 0 Å². The Hall–Kier alpha value is -2.07. The van der Waals surface area contributed by atoms with Crippen LogP contribution in [0.15, 0.2) is 12.4 Å². The lowest BCUT2D eigenvalue weighted by Crippen LogP contribution is -2.42. The lowest BCUT2D eigenvalue weighted by molar-refractivity contribution is -0.144. The first kappa shape index (κ1) is 20.2. The van der Waals surface area contributed by atoms with Crippen molar-refractivity contribution in [3.05, 3.63) is 24.0 Å². The minimum atomic E-state index is -4.56. The van der Waals surface area contributed by atoms with Crippen molar-refractivity contribution in [2.24, 2.45) is 0 Å². The highest BCUT2D eigenvalue weighted by Crippen LogP contribution is 2.38. The SMILES string of the molecule is CC(C)n1nc(-c2cnc(C(F)(F)F)nc2)nc1[C@H]1CC[C@@H](N2CCOCC2)C1. The lowest BCUT2D eigenvalue weighted by atomic mass is 10.1. The fourth-order valence-corrected chi connectivity index (χ4v) is 4.17. The number of hydrogen-bond acceptors (Lipinski definition) is 6. The van der Waals surface area contributed by atoms with Crippen molar-refractivity contribution in [2.45, 2.75) is 57.3 Å². The van der Waals surface area contributed by atoms with E-state index in [4.69, 9.17) is 9.72 Å². The zero-order chi connectivity index (χ0) is 20.6. The summed E-state index contributed by atoms with van der Waals surface area (Å²) in [5.41, 5.74) is 0.390. The number of nitrogens with zero attached hydrogens (tertiary/aromatic N) is 6. The molecule has 0 spiro atoms. The van der Waals surface area contributed by atoms with Crippen LogP contribution in [-0.2, 0) is 10.9 Å². The molecular formula is C19H25F3N6O. The van der Waals surface area contributed by atoms with Crippen molar-refractivity contribution in [3.8, 4) is 11.4 Å². The molecule has 1 aliphatic heterocycles. The molecular weight excluding hydrogens is 385 g/mol. The average Bonchev–Trinajstić information content (AvgIpc) is 3.35. The summed E-state index contributed by atoms with van der Waals surface area (Å²) in [7, 11) is 0. The van der Waals surface area contributed by atoms with Crippen molar-refractivity contribution in [2.75, 3.05) is 26.3 Å². The molecule has 2 aromatic heterocycles. The molecule has 10 heteroatoms. The van der Waals surface area contributed by atoms with Crippen LogP contribution in [0, 0.1) is 0 Å². The van der Waals surface area contributed by atoms with Crippen LogP contribution in [0.4, 0.5) is 13.2 Å². The second kappa shape index (κ2) is 7.98. The number of alkyl halides is 3. The van der Waals surface area contributed by atoms with Gasteiger partial charge in [-0.2, -0.15) is 18.3 Å². The maximum atomic E-state index is 12.7. The Morgan fingerprint density at radius 2 is 1.79 bits per heavy atom. The molecule has 0 bridgehead atoms. The van der Waals surface area contributed by atoms with E-state index in [1.165, 1.54) is 0 Å². The predicted octanol–water partition coefficient (Wildman–Crippen LogP) is 3.30. The van der Waals surface area contributed by atoms with E-state index >= 15 is 0 Å². The van der Waals surface area contributed by atoms with Gasteiger partial charge in [0, 0.05) is 43.5 Å². The standard InChI is InChI=1S/C19H25F3N6O/c1-12(2)28-17(13-3-4-15(9-13)27-5-7-29-8-6-27)25-16(26-28)14-10-23-18(24-11-14)19(20,21)22/h10-13,15H,3-9H2,1-2H3/t13-,15+/m0/s1. The van der Waals surface area contributed by atoms with Crippen LogP contribution < -0.4 is 0 Å². The van der Waals surface area contributed by atoms with Crippen LogP contribution >= 0.6 is 0 Å². The van der Waals surface area contributed by atoms with Gasteiger partial charge in [0.25, 0.3) is 0 Å². The fraction of sp³-hybridized carbons (Fsp3) is 0.684. The Labute approximate surface area is 167 Å². The van der Waals surface area contributed by atoms with Crippen LogP contribution in [0.5, 0.6) is 0 Å². The van der Waals surface area contributed by atoms with E-state index in [2.05, 4.69) is 20.0 Å². The highest BCUT2D eigenvalue weighted by molar-refractivity contribution is 5.51. The minimum Gasteiger partial charge on any atom is -0.379 e. The fourth-order valence-electron chi connectivity index (χ4n) is 4.17. The van der Waals surface area contributed by atoms with Crippen LogP contribution in [-0.4, -0.2) is 62.0 Å². The Bertz CT molecular complexity index is 829. The van der Waals surface area contributed by atoms with Gasteiger partial charge in [-0.05, 0) is 33.1 Å². The maximum Gasteiger partial charge on any atom is 0.451 e. The Morgan fingerprint density at radius 1 is 1.10 bits per heavy atom. The number of hydrogen-bond donors (Lipinski definition) is 0. The first-order valence-electron chi connectivity index (χ1n) is 10.0. The molecule has 0 N–H and O–H groups in total. The minimum absolute atomic E-state index is 0.101. The molecule has 1 aliphatic carbocycles. The molecule has 158 valence electrons.